The normalized spacial score (nSPS) is 12.5. The van der Waals surface area contributed by atoms with Crippen LogP contribution in [0, 0.1) is 19.8 Å². The summed E-state index contributed by atoms with van der Waals surface area (Å²) in [5.74, 6) is 0.184. The minimum Gasteiger partial charge on any atom is -0.348 e. The molecular weight excluding hydrogens is 396 g/mol. The van der Waals surface area contributed by atoms with E-state index in [0.717, 1.165) is 11.3 Å². The number of carbonyl (C=O) groups excluding carboxylic acids is 1. The monoisotopic (exact) mass is 426 g/mol. The van der Waals surface area contributed by atoms with Gasteiger partial charge in [-0.25, -0.2) is 4.98 Å². The van der Waals surface area contributed by atoms with E-state index in [4.69, 9.17) is 0 Å². The van der Waals surface area contributed by atoms with Crippen molar-refractivity contribution in [3.05, 3.63) is 57.5 Å². The highest BCUT2D eigenvalue weighted by Crippen LogP contribution is 2.20. The second-order valence-corrected chi connectivity index (χ2v) is 8.99. The number of nitrogens with zero attached hydrogens (tertiary/aromatic N) is 3. The van der Waals surface area contributed by atoms with Crippen LogP contribution in [0.4, 0.5) is 0 Å². The van der Waals surface area contributed by atoms with E-state index in [0.29, 0.717) is 28.7 Å². The van der Waals surface area contributed by atoms with Crippen molar-refractivity contribution in [1.82, 2.24) is 19.4 Å². The molecule has 2 aromatic heterocycles. The Morgan fingerprint density at radius 1 is 1.13 bits per heavy atom. The lowest BCUT2D eigenvalue weighted by Crippen LogP contribution is -2.32. The van der Waals surface area contributed by atoms with Crippen molar-refractivity contribution in [1.29, 1.82) is 0 Å². The van der Waals surface area contributed by atoms with E-state index in [1.165, 1.54) is 17.3 Å². The van der Waals surface area contributed by atoms with Crippen LogP contribution in [0.1, 0.15) is 43.6 Å². The Labute approximate surface area is 181 Å². The molecule has 7 heteroatoms. The summed E-state index contributed by atoms with van der Waals surface area (Å²) in [6.45, 7) is 10.7. The van der Waals surface area contributed by atoms with Gasteiger partial charge >= 0.3 is 0 Å². The van der Waals surface area contributed by atoms with Gasteiger partial charge in [0, 0.05) is 12.2 Å². The topological polar surface area (TPSA) is 68.9 Å². The lowest BCUT2D eigenvalue weighted by Gasteiger charge is -2.17. The molecule has 3 aromatic rings. The number of benzene rings is 1. The van der Waals surface area contributed by atoms with Crippen molar-refractivity contribution < 1.29 is 4.79 Å². The first kappa shape index (κ1) is 22.2. The first-order chi connectivity index (χ1) is 14.2. The zero-order chi connectivity index (χ0) is 22.0. The molecule has 1 aromatic carbocycles. The SMILES string of the molecule is CSc1nc2cc(C)n(CC(=O)N[C@@H](C)c3ccc(C)cc3)c2c(=O)n1CC(C)C. The van der Waals surface area contributed by atoms with Gasteiger partial charge in [-0.05, 0) is 44.6 Å². The van der Waals surface area contributed by atoms with Crippen LogP contribution in [0.15, 0.2) is 40.3 Å². The molecule has 0 aliphatic rings. The molecule has 30 heavy (non-hydrogen) atoms. The number of fused-ring (bicyclic) bond motifs is 1. The molecule has 3 rings (SSSR count). The molecular formula is C23H30N4O2S. The number of thioether (sulfide) groups is 1. The van der Waals surface area contributed by atoms with Crippen molar-refractivity contribution >= 4 is 28.7 Å². The highest BCUT2D eigenvalue weighted by Gasteiger charge is 2.19. The number of aryl methyl sites for hydroxylation is 2. The van der Waals surface area contributed by atoms with Gasteiger partial charge in [-0.2, -0.15) is 0 Å². The van der Waals surface area contributed by atoms with Crippen molar-refractivity contribution in [2.45, 2.75) is 58.9 Å². The van der Waals surface area contributed by atoms with Gasteiger partial charge in [0.25, 0.3) is 5.56 Å². The Hall–Kier alpha value is -2.54. The largest absolute Gasteiger partial charge is 0.348 e. The molecule has 2 heterocycles. The van der Waals surface area contributed by atoms with Crippen LogP contribution in [0.25, 0.3) is 11.0 Å². The highest BCUT2D eigenvalue weighted by molar-refractivity contribution is 7.98. The van der Waals surface area contributed by atoms with Crippen LogP contribution < -0.4 is 10.9 Å². The average Bonchev–Trinajstić information content (AvgIpc) is 2.99. The van der Waals surface area contributed by atoms with Crippen LogP contribution in [0.2, 0.25) is 0 Å². The van der Waals surface area contributed by atoms with Gasteiger partial charge in [0.15, 0.2) is 5.16 Å². The Kier molecular flexibility index (Phi) is 6.71. The summed E-state index contributed by atoms with van der Waals surface area (Å²) < 4.78 is 3.50. The smallest absolute Gasteiger partial charge is 0.278 e. The zero-order valence-corrected chi connectivity index (χ0v) is 19.3. The number of carbonyl (C=O) groups is 1. The molecule has 0 fully saturated rings. The van der Waals surface area contributed by atoms with E-state index in [2.05, 4.69) is 24.1 Å². The molecule has 0 saturated heterocycles. The second kappa shape index (κ2) is 9.08. The van der Waals surface area contributed by atoms with E-state index >= 15 is 0 Å². The molecule has 1 atom stereocenters. The predicted octanol–water partition coefficient (Wildman–Crippen LogP) is 4.07. The molecule has 1 amide bonds. The van der Waals surface area contributed by atoms with Gasteiger partial charge < -0.3 is 9.88 Å². The highest BCUT2D eigenvalue weighted by atomic mass is 32.2. The quantitative estimate of drug-likeness (QED) is 0.457. The number of hydrogen-bond donors (Lipinski definition) is 1. The van der Waals surface area contributed by atoms with E-state index in [9.17, 15) is 9.59 Å². The Morgan fingerprint density at radius 2 is 1.80 bits per heavy atom. The molecule has 0 unspecified atom stereocenters. The number of nitrogens with one attached hydrogen (secondary N) is 1. The Bertz CT molecular complexity index is 1110. The fraction of sp³-hybridized carbons (Fsp3) is 0.435. The first-order valence-electron chi connectivity index (χ1n) is 10.2. The summed E-state index contributed by atoms with van der Waals surface area (Å²) in [6.07, 6.45) is 1.92. The summed E-state index contributed by atoms with van der Waals surface area (Å²) in [5.41, 5.74) is 4.12. The van der Waals surface area contributed by atoms with Gasteiger partial charge in [0.05, 0.1) is 11.6 Å². The standard InChI is InChI=1S/C23H30N4O2S/c1-14(2)12-27-22(29)21-19(25-23(27)30-6)11-16(4)26(21)13-20(28)24-17(5)18-9-7-15(3)8-10-18/h7-11,14,17H,12-13H2,1-6H3,(H,24,28)/t17-/m0/s1. The third kappa shape index (κ3) is 4.61. The minimum absolute atomic E-state index is 0.0861. The van der Waals surface area contributed by atoms with Gasteiger partial charge in [-0.15, -0.1) is 0 Å². The molecule has 6 nitrogen and oxygen atoms in total. The maximum Gasteiger partial charge on any atom is 0.278 e. The minimum atomic E-state index is -0.132. The molecule has 0 aliphatic heterocycles. The fourth-order valence-corrected chi connectivity index (χ4v) is 4.17. The van der Waals surface area contributed by atoms with E-state index in [1.54, 1.807) is 9.13 Å². The lowest BCUT2D eigenvalue weighted by molar-refractivity contribution is -0.122. The summed E-state index contributed by atoms with van der Waals surface area (Å²) in [7, 11) is 0. The van der Waals surface area contributed by atoms with Crippen molar-refractivity contribution in [2.75, 3.05) is 6.26 Å². The Morgan fingerprint density at radius 3 is 2.40 bits per heavy atom. The number of hydrogen-bond acceptors (Lipinski definition) is 4. The van der Waals surface area contributed by atoms with Crippen LogP contribution in [0.3, 0.4) is 0 Å². The third-order valence-electron chi connectivity index (χ3n) is 5.17. The molecule has 0 radical (unpaired) electrons. The third-order valence-corrected chi connectivity index (χ3v) is 5.84. The summed E-state index contributed by atoms with van der Waals surface area (Å²) in [6, 6.07) is 9.89. The van der Waals surface area contributed by atoms with Crippen molar-refractivity contribution in [3.63, 3.8) is 0 Å². The van der Waals surface area contributed by atoms with E-state index in [1.807, 2.05) is 57.4 Å². The number of amides is 1. The first-order valence-corrected chi connectivity index (χ1v) is 11.4. The molecule has 0 saturated carbocycles. The molecule has 160 valence electrons. The fourth-order valence-electron chi connectivity index (χ4n) is 3.60. The number of aromatic nitrogens is 3. The summed E-state index contributed by atoms with van der Waals surface area (Å²) in [5, 5.41) is 3.75. The number of rotatable bonds is 7. The second-order valence-electron chi connectivity index (χ2n) is 8.21. The van der Waals surface area contributed by atoms with Crippen LogP contribution >= 0.6 is 11.8 Å². The van der Waals surface area contributed by atoms with Gasteiger partial charge in [-0.1, -0.05) is 55.4 Å². The van der Waals surface area contributed by atoms with Gasteiger partial charge in [0.1, 0.15) is 12.1 Å². The maximum absolute atomic E-state index is 13.3. The zero-order valence-electron chi connectivity index (χ0n) is 18.5. The van der Waals surface area contributed by atoms with Gasteiger partial charge in [0.2, 0.25) is 5.91 Å². The van der Waals surface area contributed by atoms with Crippen LogP contribution in [-0.4, -0.2) is 26.3 Å². The molecule has 0 bridgehead atoms. The van der Waals surface area contributed by atoms with Crippen molar-refractivity contribution in [3.8, 4) is 0 Å². The lowest BCUT2D eigenvalue weighted by atomic mass is 10.1. The summed E-state index contributed by atoms with van der Waals surface area (Å²) in [4.78, 5) is 30.8. The molecule has 1 N–H and O–H groups in total. The van der Waals surface area contributed by atoms with E-state index in [-0.39, 0.29) is 24.1 Å². The molecule has 0 spiro atoms. The van der Waals surface area contributed by atoms with Crippen molar-refractivity contribution in [2.24, 2.45) is 5.92 Å². The van der Waals surface area contributed by atoms with Crippen LogP contribution in [-0.2, 0) is 17.9 Å². The Balaban J connectivity index is 1.91. The molecule has 0 aliphatic carbocycles. The average molecular weight is 427 g/mol. The van der Waals surface area contributed by atoms with E-state index < -0.39 is 0 Å². The van der Waals surface area contributed by atoms with Gasteiger partial charge in [-0.3, -0.25) is 14.2 Å². The predicted molar refractivity (Wildman–Crippen MR) is 123 cm³/mol. The summed E-state index contributed by atoms with van der Waals surface area (Å²) >= 11 is 1.47. The van der Waals surface area contributed by atoms with Crippen LogP contribution in [0.5, 0.6) is 0 Å². The maximum atomic E-state index is 13.3.